The zero-order chi connectivity index (χ0) is 17.6. The third kappa shape index (κ3) is 4.42. The third-order valence-electron chi connectivity index (χ3n) is 4.31. The van der Waals surface area contributed by atoms with E-state index in [1.54, 1.807) is 6.20 Å². The number of aryl methyl sites for hydroxylation is 1. The highest BCUT2D eigenvalue weighted by Crippen LogP contribution is 2.09. The van der Waals surface area contributed by atoms with Crippen molar-refractivity contribution in [2.24, 2.45) is 0 Å². The molecule has 1 N–H and O–H groups in total. The van der Waals surface area contributed by atoms with Gasteiger partial charge in [-0.1, -0.05) is 6.07 Å². The van der Waals surface area contributed by atoms with Gasteiger partial charge >= 0.3 is 5.97 Å². The quantitative estimate of drug-likeness (QED) is 0.831. The number of nitrogens with zero attached hydrogens (tertiary/aromatic N) is 5. The second kappa shape index (κ2) is 7.89. The van der Waals surface area contributed by atoms with Gasteiger partial charge in [0.05, 0.1) is 12.2 Å². The maximum absolute atomic E-state index is 12.3. The number of carbonyl (C=O) groups excluding carboxylic acids is 1. The number of carboxylic acids is 1. The van der Waals surface area contributed by atoms with Gasteiger partial charge in [0.2, 0.25) is 5.91 Å². The molecule has 25 heavy (non-hydrogen) atoms. The second-order valence-electron chi connectivity index (χ2n) is 5.97. The lowest BCUT2D eigenvalue weighted by Crippen LogP contribution is -2.48. The van der Waals surface area contributed by atoms with E-state index >= 15 is 0 Å². The third-order valence-corrected chi connectivity index (χ3v) is 4.31. The normalized spacial score (nSPS) is 15.3. The summed E-state index contributed by atoms with van der Waals surface area (Å²) < 4.78 is 1.36. The van der Waals surface area contributed by atoms with Crippen molar-refractivity contribution in [1.29, 1.82) is 0 Å². The van der Waals surface area contributed by atoms with E-state index in [9.17, 15) is 9.59 Å². The largest absolute Gasteiger partial charge is 0.477 e. The minimum absolute atomic E-state index is 0.0318. The number of aromatic carboxylic acids is 1. The molecule has 3 heterocycles. The molecule has 0 spiro atoms. The highest BCUT2D eigenvalue weighted by molar-refractivity contribution is 5.85. The van der Waals surface area contributed by atoms with Gasteiger partial charge in [0.1, 0.15) is 5.69 Å². The molecule has 8 nitrogen and oxygen atoms in total. The number of pyridine rings is 1. The second-order valence-corrected chi connectivity index (χ2v) is 5.97. The van der Waals surface area contributed by atoms with E-state index in [1.807, 2.05) is 23.1 Å². The smallest absolute Gasteiger partial charge is 0.354 e. The van der Waals surface area contributed by atoms with E-state index in [4.69, 9.17) is 5.11 Å². The van der Waals surface area contributed by atoms with E-state index in [0.29, 0.717) is 13.1 Å². The SMILES string of the molecule is O=C(O)c1ccnn1CCC(=O)N1CCN(Cc2ccccn2)CC1. The van der Waals surface area contributed by atoms with Crippen LogP contribution in [-0.4, -0.2) is 67.7 Å². The number of carboxylic acid groups (broad SMARTS) is 1. The highest BCUT2D eigenvalue weighted by Gasteiger charge is 2.21. The van der Waals surface area contributed by atoms with Gasteiger partial charge in [-0.15, -0.1) is 0 Å². The van der Waals surface area contributed by atoms with Crippen LogP contribution in [0.4, 0.5) is 0 Å². The molecular weight excluding hydrogens is 322 g/mol. The number of carbonyl (C=O) groups is 2. The number of amides is 1. The molecule has 132 valence electrons. The van der Waals surface area contributed by atoms with Crippen LogP contribution in [0.1, 0.15) is 22.6 Å². The predicted octanol–water partition coefficient (Wildman–Crippen LogP) is 0.711. The molecule has 0 atom stereocenters. The Morgan fingerprint density at radius 3 is 2.56 bits per heavy atom. The van der Waals surface area contributed by atoms with E-state index in [-0.39, 0.29) is 24.6 Å². The summed E-state index contributed by atoms with van der Waals surface area (Å²) in [4.78, 5) is 31.8. The van der Waals surface area contributed by atoms with Crippen LogP contribution in [0.3, 0.4) is 0 Å². The summed E-state index contributed by atoms with van der Waals surface area (Å²) >= 11 is 0. The summed E-state index contributed by atoms with van der Waals surface area (Å²) in [6.07, 6.45) is 3.47. The maximum Gasteiger partial charge on any atom is 0.354 e. The molecule has 0 radical (unpaired) electrons. The molecule has 0 aromatic carbocycles. The lowest BCUT2D eigenvalue weighted by Gasteiger charge is -2.34. The predicted molar refractivity (Wildman–Crippen MR) is 89.9 cm³/mol. The Bertz CT molecular complexity index is 723. The maximum atomic E-state index is 12.3. The standard InChI is InChI=1S/C17H21N5O3/c23-16(5-8-22-15(17(24)25)4-7-19-22)21-11-9-20(10-12-21)13-14-3-1-2-6-18-14/h1-4,6-7H,5,8-13H2,(H,24,25). The molecule has 1 saturated heterocycles. The Balaban J connectivity index is 1.45. The first-order chi connectivity index (χ1) is 12.1. The van der Waals surface area contributed by atoms with E-state index in [1.165, 1.54) is 16.9 Å². The summed E-state index contributed by atoms with van der Waals surface area (Å²) in [6.45, 7) is 4.04. The van der Waals surface area contributed by atoms with Crippen molar-refractivity contribution < 1.29 is 14.7 Å². The Morgan fingerprint density at radius 1 is 1.08 bits per heavy atom. The number of rotatable bonds is 6. The first-order valence-electron chi connectivity index (χ1n) is 8.28. The lowest BCUT2D eigenvalue weighted by atomic mass is 10.2. The summed E-state index contributed by atoms with van der Waals surface area (Å²) in [5.74, 6) is -1.00. The molecule has 1 fully saturated rings. The molecule has 3 rings (SSSR count). The molecule has 1 aliphatic heterocycles. The fourth-order valence-electron chi connectivity index (χ4n) is 2.93. The fraction of sp³-hybridized carbons (Fsp3) is 0.412. The van der Waals surface area contributed by atoms with Crippen LogP contribution in [-0.2, 0) is 17.9 Å². The van der Waals surface area contributed by atoms with Gasteiger partial charge in [0.25, 0.3) is 0 Å². The molecule has 2 aromatic rings. The van der Waals surface area contributed by atoms with Crippen molar-refractivity contribution in [3.63, 3.8) is 0 Å². The zero-order valence-corrected chi connectivity index (χ0v) is 13.9. The number of hydrogen-bond donors (Lipinski definition) is 1. The molecule has 0 bridgehead atoms. The molecule has 0 aliphatic carbocycles. The van der Waals surface area contributed by atoms with Gasteiger partial charge in [-0.25, -0.2) is 4.79 Å². The van der Waals surface area contributed by atoms with Gasteiger partial charge in [-0.2, -0.15) is 5.10 Å². The summed E-state index contributed by atoms with van der Waals surface area (Å²) in [5, 5.41) is 13.0. The van der Waals surface area contributed by atoms with Crippen LogP contribution in [0.25, 0.3) is 0 Å². The molecule has 0 saturated carbocycles. The zero-order valence-electron chi connectivity index (χ0n) is 13.9. The Hall–Kier alpha value is -2.74. The van der Waals surface area contributed by atoms with Gasteiger partial charge in [-0.05, 0) is 18.2 Å². The Labute approximate surface area is 145 Å². The van der Waals surface area contributed by atoms with Gasteiger partial charge < -0.3 is 10.0 Å². The Kier molecular flexibility index (Phi) is 5.39. The fourth-order valence-corrected chi connectivity index (χ4v) is 2.93. The molecule has 8 heteroatoms. The van der Waals surface area contributed by atoms with Crippen molar-refractivity contribution in [1.82, 2.24) is 24.6 Å². The number of aromatic nitrogens is 3. The monoisotopic (exact) mass is 343 g/mol. The number of hydrogen-bond acceptors (Lipinski definition) is 5. The average Bonchev–Trinajstić information content (AvgIpc) is 3.10. The van der Waals surface area contributed by atoms with E-state index in [0.717, 1.165) is 25.3 Å². The van der Waals surface area contributed by atoms with Crippen LogP contribution in [0.2, 0.25) is 0 Å². The van der Waals surface area contributed by atoms with Crippen LogP contribution < -0.4 is 0 Å². The van der Waals surface area contributed by atoms with E-state index in [2.05, 4.69) is 15.0 Å². The average molecular weight is 343 g/mol. The highest BCUT2D eigenvalue weighted by atomic mass is 16.4. The molecule has 1 aliphatic rings. The molecule has 0 unspecified atom stereocenters. The van der Waals surface area contributed by atoms with Crippen molar-refractivity contribution >= 4 is 11.9 Å². The summed E-state index contributed by atoms with van der Waals surface area (Å²) in [7, 11) is 0. The Morgan fingerprint density at radius 2 is 1.88 bits per heavy atom. The van der Waals surface area contributed by atoms with Crippen LogP contribution in [0.15, 0.2) is 36.7 Å². The topological polar surface area (TPSA) is 91.6 Å². The van der Waals surface area contributed by atoms with Crippen molar-refractivity contribution in [3.05, 3.63) is 48.0 Å². The lowest BCUT2D eigenvalue weighted by molar-refractivity contribution is -0.133. The molecule has 1 amide bonds. The van der Waals surface area contributed by atoms with Crippen molar-refractivity contribution in [3.8, 4) is 0 Å². The van der Waals surface area contributed by atoms with E-state index < -0.39 is 5.97 Å². The summed E-state index contributed by atoms with van der Waals surface area (Å²) in [5.41, 5.74) is 1.13. The van der Waals surface area contributed by atoms with Gasteiger partial charge in [0, 0.05) is 51.5 Å². The molecular formula is C17H21N5O3. The summed E-state index contributed by atoms with van der Waals surface area (Å²) in [6, 6.07) is 7.31. The van der Waals surface area contributed by atoms with Crippen molar-refractivity contribution in [2.75, 3.05) is 26.2 Å². The van der Waals surface area contributed by atoms with Gasteiger partial charge in [0.15, 0.2) is 0 Å². The first-order valence-corrected chi connectivity index (χ1v) is 8.28. The van der Waals surface area contributed by atoms with Crippen molar-refractivity contribution in [2.45, 2.75) is 19.5 Å². The van der Waals surface area contributed by atoms with Crippen LogP contribution in [0.5, 0.6) is 0 Å². The number of piperazine rings is 1. The minimum Gasteiger partial charge on any atom is -0.477 e. The van der Waals surface area contributed by atoms with Crippen LogP contribution in [0, 0.1) is 0 Å². The first kappa shape index (κ1) is 17.1. The minimum atomic E-state index is -1.03. The van der Waals surface area contributed by atoms with Crippen LogP contribution >= 0.6 is 0 Å². The van der Waals surface area contributed by atoms with Gasteiger partial charge in [-0.3, -0.25) is 19.4 Å². The molecule has 2 aromatic heterocycles.